The van der Waals surface area contributed by atoms with Crippen molar-refractivity contribution >= 4 is 40.3 Å². The van der Waals surface area contributed by atoms with Crippen molar-refractivity contribution in [3.63, 3.8) is 0 Å². The molecule has 2 aliphatic rings. The third-order valence-corrected chi connectivity index (χ3v) is 7.38. The zero-order valence-corrected chi connectivity index (χ0v) is 22.1. The number of rotatable bonds is 4. The maximum atomic E-state index is 12.7. The Bertz CT molecular complexity index is 1120. The number of nitrogens with one attached hydrogen (secondary N) is 1. The van der Waals surface area contributed by atoms with Crippen LogP contribution in [0.3, 0.4) is 0 Å². The molecule has 0 aliphatic carbocycles. The Labute approximate surface area is 218 Å². The van der Waals surface area contributed by atoms with E-state index in [1.807, 2.05) is 41.3 Å². The van der Waals surface area contributed by atoms with Crippen molar-refractivity contribution in [2.24, 2.45) is 0 Å². The maximum absolute atomic E-state index is 12.7. The molecule has 0 atom stereocenters. The average molecular weight is 510 g/mol. The number of hydrogen-bond acceptors (Lipinski definition) is 6. The average Bonchev–Trinajstić information content (AvgIpc) is 2.88. The topological polar surface area (TPSA) is 82.0 Å². The summed E-state index contributed by atoms with van der Waals surface area (Å²) in [6.07, 6.45) is 3.29. The lowest BCUT2D eigenvalue weighted by molar-refractivity contribution is -0.384. The van der Waals surface area contributed by atoms with Crippen LogP contribution in [-0.4, -0.2) is 60.1 Å². The summed E-state index contributed by atoms with van der Waals surface area (Å²) in [6, 6.07) is 13.1. The molecular formula is C27H35N5O3S. The number of amides is 1. The van der Waals surface area contributed by atoms with Gasteiger partial charge in [0, 0.05) is 56.6 Å². The molecule has 2 aromatic rings. The molecule has 2 heterocycles. The van der Waals surface area contributed by atoms with Crippen molar-refractivity contribution in [1.29, 1.82) is 0 Å². The summed E-state index contributed by atoms with van der Waals surface area (Å²) in [5.41, 5.74) is 3.64. The summed E-state index contributed by atoms with van der Waals surface area (Å²) in [7, 11) is 0. The van der Waals surface area contributed by atoms with E-state index in [1.54, 1.807) is 6.07 Å². The molecule has 9 heteroatoms. The fraction of sp³-hybridized carbons (Fsp3) is 0.481. The van der Waals surface area contributed by atoms with Gasteiger partial charge in [0.1, 0.15) is 5.69 Å². The molecule has 2 fully saturated rings. The zero-order chi connectivity index (χ0) is 25.9. The molecule has 1 N–H and O–H groups in total. The number of nitrogens with zero attached hydrogens (tertiary/aromatic N) is 4. The number of carbonyl (C=O) groups is 1. The standard InChI is InChI=1S/C27H35N5O3S/c1-27(2,3)21-9-7-20(8-10-21)25(33)28-26(36)31-17-15-29(16-18-31)22-11-12-23(32(34)35)24(19-22)30-13-5-4-6-14-30/h7-12,19H,4-6,13-18H2,1-3H3,(H,28,33,36). The van der Waals surface area contributed by atoms with Crippen LogP contribution in [0.4, 0.5) is 17.1 Å². The molecule has 0 saturated carbocycles. The highest BCUT2D eigenvalue weighted by Gasteiger charge is 2.25. The van der Waals surface area contributed by atoms with Crippen LogP contribution in [-0.2, 0) is 5.41 Å². The summed E-state index contributed by atoms with van der Waals surface area (Å²) in [6.45, 7) is 10.9. The smallest absolute Gasteiger partial charge is 0.292 e. The summed E-state index contributed by atoms with van der Waals surface area (Å²) in [4.78, 5) is 30.4. The van der Waals surface area contributed by atoms with Crippen molar-refractivity contribution in [2.75, 3.05) is 49.1 Å². The van der Waals surface area contributed by atoms with E-state index in [0.29, 0.717) is 42.5 Å². The lowest BCUT2D eigenvalue weighted by Crippen LogP contribution is -2.52. The number of piperidine rings is 1. The number of benzene rings is 2. The summed E-state index contributed by atoms with van der Waals surface area (Å²) < 4.78 is 0. The lowest BCUT2D eigenvalue weighted by Gasteiger charge is -2.37. The van der Waals surface area contributed by atoms with Gasteiger partial charge in [0.15, 0.2) is 5.11 Å². The van der Waals surface area contributed by atoms with Gasteiger partial charge in [-0.25, -0.2) is 0 Å². The summed E-state index contributed by atoms with van der Waals surface area (Å²) in [5, 5.41) is 14.9. The van der Waals surface area contributed by atoms with Gasteiger partial charge >= 0.3 is 0 Å². The highest BCUT2D eigenvalue weighted by atomic mass is 32.1. The fourth-order valence-corrected chi connectivity index (χ4v) is 5.06. The Balaban J connectivity index is 1.36. The van der Waals surface area contributed by atoms with Crippen LogP contribution in [0.2, 0.25) is 0 Å². The molecule has 0 bridgehead atoms. The molecule has 4 rings (SSSR count). The third kappa shape index (κ3) is 5.95. The first-order valence-electron chi connectivity index (χ1n) is 12.6. The Morgan fingerprint density at radius 1 is 0.917 bits per heavy atom. The van der Waals surface area contributed by atoms with Crippen LogP contribution in [0.5, 0.6) is 0 Å². The van der Waals surface area contributed by atoms with E-state index < -0.39 is 0 Å². The molecule has 1 amide bonds. The second kappa shape index (κ2) is 10.8. The normalized spacial score (nSPS) is 16.6. The van der Waals surface area contributed by atoms with Gasteiger partial charge in [-0.05, 0) is 66.7 Å². The van der Waals surface area contributed by atoms with Gasteiger partial charge in [0.2, 0.25) is 0 Å². The number of piperazine rings is 1. The number of nitro groups is 1. The Hall–Kier alpha value is -3.20. The SMILES string of the molecule is CC(C)(C)c1ccc(C(=O)NC(=S)N2CCN(c3ccc([N+](=O)[O-])c(N4CCCCC4)c3)CC2)cc1. The minimum atomic E-state index is -0.288. The number of hydrogen-bond donors (Lipinski definition) is 1. The Kier molecular flexibility index (Phi) is 7.78. The highest BCUT2D eigenvalue weighted by Crippen LogP contribution is 2.34. The predicted octanol–water partition coefficient (Wildman–Crippen LogP) is 4.72. The zero-order valence-electron chi connectivity index (χ0n) is 21.3. The summed E-state index contributed by atoms with van der Waals surface area (Å²) >= 11 is 5.54. The van der Waals surface area contributed by atoms with Gasteiger partial charge < -0.3 is 14.7 Å². The second-order valence-electron chi connectivity index (χ2n) is 10.5. The van der Waals surface area contributed by atoms with E-state index in [9.17, 15) is 14.9 Å². The molecule has 2 saturated heterocycles. The van der Waals surface area contributed by atoms with Gasteiger partial charge in [-0.2, -0.15) is 0 Å². The first kappa shape index (κ1) is 25.9. The van der Waals surface area contributed by atoms with Crippen molar-refractivity contribution < 1.29 is 9.72 Å². The fourth-order valence-electron chi connectivity index (χ4n) is 4.79. The quantitative estimate of drug-likeness (QED) is 0.363. The number of anilines is 2. The van der Waals surface area contributed by atoms with Crippen molar-refractivity contribution in [2.45, 2.75) is 45.4 Å². The van der Waals surface area contributed by atoms with E-state index in [4.69, 9.17) is 12.2 Å². The molecule has 192 valence electrons. The van der Waals surface area contributed by atoms with E-state index in [-0.39, 0.29) is 21.9 Å². The molecule has 8 nitrogen and oxygen atoms in total. The monoisotopic (exact) mass is 509 g/mol. The van der Waals surface area contributed by atoms with Gasteiger partial charge in [-0.1, -0.05) is 32.9 Å². The van der Waals surface area contributed by atoms with Gasteiger partial charge in [-0.15, -0.1) is 0 Å². The molecule has 0 aromatic heterocycles. The molecule has 0 unspecified atom stereocenters. The summed E-state index contributed by atoms with van der Waals surface area (Å²) in [5.74, 6) is -0.204. The third-order valence-electron chi connectivity index (χ3n) is 7.02. The first-order chi connectivity index (χ1) is 17.1. The van der Waals surface area contributed by atoms with E-state index in [0.717, 1.165) is 31.6 Å². The molecule has 36 heavy (non-hydrogen) atoms. The molecular weight excluding hydrogens is 474 g/mol. The Morgan fingerprint density at radius 2 is 1.56 bits per heavy atom. The van der Waals surface area contributed by atoms with Crippen molar-refractivity contribution in [1.82, 2.24) is 10.2 Å². The second-order valence-corrected chi connectivity index (χ2v) is 10.9. The van der Waals surface area contributed by atoms with E-state index in [1.165, 1.54) is 12.0 Å². The van der Waals surface area contributed by atoms with Crippen LogP contribution in [0, 0.1) is 10.1 Å². The molecule has 0 radical (unpaired) electrons. The minimum Gasteiger partial charge on any atom is -0.368 e. The first-order valence-corrected chi connectivity index (χ1v) is 13.0. The van der Waals surface area contributed by atoms with Crippen LogP contribution >= 0.6 is 12.2 Å². The van der Waals surface area contributed by atoms with Crippen LogP contribution in [0.25, 0.3) is 0 Å². The van der Waals surface area contributed by atoms with Gasteiger partial charge in [-0.3, -0.25) is 20.2 Å². The molecule has 2 aliphatic heterocycles. The molecule has 2 aromatic carbocycles. The van der Waals surface area contributed by atoms with Crippen LogP contribution in [0.1, 0.15) is 56.0 Å². The van der Waals surface area contributed by atoms with Crippen LogP contribution < -0.4 is 15.1 Å². The van der Waals surface area contributed by atoms with E-state index >= 15 is 0 Å². The minimum absolute atomic E-state index is 0.0300. The lowest BCUT2D eigenvalue weighted by atomic mass is 9.87. The number of thiocarbonyl (C=S) groups is 1. The largest absolute Gasteiger partial charge is 0.368 e. The predicted molar refractivity (Wildman–Crippen MR) is 148 cm³/mol. The Morgan fingerprint density at radius 3 is 2.14 bits per heavy atom. The van der Waals surface area contributed by atoms with E-state index in [2.05, 4.69) is 35.9 Å². The number of nitro benzene ring substituents is 1. The van der Waals surface area contributed by atoms with Gasteiger partial charge in [0.25, 0.3) is 11.6 Å². The number of carbonyl (C=O) groups excluding carboxylic acids is 1. The van der Waals surface area contributed by atoms with Crippen molar-refractivity contribution in [3.05, 3.63) is 63.7 Å². The highest BCUT2D eigenvalue weighted by molar-refractivity contribution is 7.80. The molecule has 0 spiro atoms. The maximum Gasteiger partial charge on any atom is 0.292 e. The van der Waals surface area contributed by atoms with Gasteiger partial charge in [0.05, 0.1) is 4.92 Å². The van der Waals surface area contributed by atoms with Crippen molar-refractivity contribution in [3.8, 4) is 0 Å². The van der Waals surface area contributed by atoms with Crippen LogP contribution in [0.15, 0.2) is 42.5 Å².